The molecule has 2 heterocycles. The van der Waals surface area contributed by atoms with Gasteiger partial charge in [0, 0.05) is 16.5 Å². The number of benzene rings is 3. The molecule has 1 unspecified atom stereocenters. The van der Waals surface area contributed by atoms with Crippen LogP contribution in [0.1, 0.15) is 57.0 Å². The van der Waals surface area contributed by atoms with Gasteiger partial charge < -0.3 is 0 Å². The Hall–Kier alpha value is -3.13. The molecule has 0 aliphatic rings. The van der Waals surface area contributed by atoms with E-state index >= 15 is 0 Å². The Labute approximate surface area is 197 Å². The summed E-state index contributed by atoms with van der Waals surface area (Å²) in [5.74, 6) is 0.728. The van der Waals surface area contributed by atoms with Gasteiger partial charge in [-0.25, -0.2) is 4.98 Å². The van der Waals surface area contributed by atoms with Crippen molar-refractivity contribution in [1.29, 1.82) is 0 Å². The fraction of sp³-hybridized carbons (Fsp3) is 0.323. The molecule has 0 aliphatic carbocycles. The topological polar surface area (TPSA) is 17.3 Å². The molecule has 5 aromatic rings. The van der Waals surface area contributed by atoms with Crippen molar-refractivity contribution >= 4 is 27.3 Å². The van der Waals surface area contributed by atoms with Crippen LogP contribution in [0.3, 0.4) is 0 Å². The minimum Gasteiger partial charge on any atom is -0.296 e. The summed E-state index contributed by atoms with van der Waals surface area (Å²) in [7, 11) is 0. The summed E-state index contributed by atoms with van der Waals surface area (Å²) in [5.41, 5.74) is 8.83. The number of rotatable bonds is 7. The van der Waals surface area contributed by atoms with Crippen LogP contribution in [0.4, 0.5) is 0 Å². The minimum atomic E-state index is 0.728. The van der Waals surface area contributed by atoms with E-state index in [1.807, 2.05) is 0 Å². The van der Waals surface area contributed by atoms with Gasteiger partial charge in [-0.05, 0) is 66.3 Å². The lowest BCUT2D eigenvalue weighted by atomic mass is 9.95. The zero-order chi connectivity index (χ0) is 22.9. The van der Waals surface area contributed by atoms with Gasteiger partial charge in [-0.3, -0.25) is 4.40 Å². The first kappa shape index (κ1) is 21.7. The molecule has 1 atom stereocenters. The van der Waals surface area contributed by atoms with E-state index in [0.717, 1.165) is 30.1 Å². The molecule has 2 heteroatoms. The van der Waals surface area contributed by atoms with E-state index in [4.69, 9.17) is 4.98 Å². The molecule has 0 bridgehead atoms. The van der Waals surface area contributed by atoms with Crippen molar-refractivity contribution in [1.82, 2.24) is 9.38 Å². The highest BCUT2D eigenvalue weighted by molar-refractivity contribution is 6.12. The Kier molecular flexibility index (Phi) is 5.93. The number of hydrogen-bond acceptors (Lipinski definition) is 1. The summed E-state index contributed by atoms with van der Waals surface area (Å²) < 4.78 is 2.42. The van der Waals surface area contributed by atoms with E-state index in [1.54, 1.807) is 0 Å². The summed E-state index contributed by atoms with van der Waals surface area (Å²) in [5, 5.41) is 3.81. The normalized spacial score (nSPS) is 12.7. The van der Waals surface area contributed by atoms with Gasteiger partial charge in [0.25, 0.3) is 0 Å². The fourth-order valence-electron chi connectivity index (χ4n) is 5.06. The summed E-state index contributed by atoms with van der Waals surface area (Å²) in [4.78, 5) is 5.03. The van der Waals surface area contributed by atoms with Crippen LogP contribution in [0.15, 0.2) is 66.7 Å². The number of fused-ring (bicyclic) bond motifs is 6. The molecule has 168 valence electrons. The van der Waals surface area contributed by atoms with E-state index in [2.05, 4.69) is 98.8 Å². The average molecular weight is 435 g/mol. The third-order valence-electron chi connectivity index (χ3n) is 7.20. The number of nitrogens with zero attached hydrogens (tertiary/aromatic N) is 2. The van der Waals surface area contributed by atoms with Gasteiger partial charge in [-0.15, -0.1) is 0 Å². The maximum Gasteiger partial charge on any atom is 0.145 e. The highest BCUT2D eigenvalue weighted by Crippen LogP contribution is 2.34. The molecule has 0 aliphatic heterocycles. The Morgan fingerprint density at radius 1 is 0.848 bits per heavy atom. The predicted octanol–water partition coefficient (Wildman–Crippen LogP) is 8.55. The molecule has 33 heavy (non-hydrogen) atoms. The summed E-state index contributed by atoms with van der Waals surface area (Å²) in [6.07, 6.45) is 5.81. The van der Waals surface area contributed by atoms with E-state index < -0.39 is 0 Å². The standard InChI is InChI=1S/C31H34N2/c1-5-7-12-29-22(4)32-31-27-11-9-8-10-26(27)28-20-25(17-18-30(28)33(29)31)24-15-13-23(14-16-24)19-21(3)6-2/h8-11,13-18,20-21H,5-7,12,19H2,1-4H3. The Morgan fingerprint density at radius 2 is 1.58 bits per heavy atom. The molecular formula is C31H34N2. The highest BCUT2D eigenvalue weighted by atomic mass is 15.0. The van der Waals surface area contributed by atoms with Gasteiger partial charge in [0.1, 0.15) is 5.65 Å². The first-order chi connectivity index (χ1) is 16.1. The number of pyridine rings is 1. The van der Waals surface area contributed by atoms with Crippen molar-refractivity contribution in [3.05, 3.63) is 83.7 Å². The van der Waals surface area contributed by atoms with E-state index in [-0.39, 0.29) is 0 Å². The van der Waals surface area contributed by atoms with Crippen LogP contribution < -0.4 is 0 Å². The van der Waals surface area contributed by atoms with Gasteiger partial charge in [-0.2, -0.15) is 0 Å². The van der Waals surface area contributed by atoms with E-state index in [9.17, 15) is 0 Å². The van der Waals surface area contributed by atoms with E-state index in [1.165, 1.54) is 63.3 Å². The third-order valence-corrected chi connectivity index (χ3v) is 7.20. The lowest BCUT2D eigenvalue weighted by Gasteiger charge is -2.13. The number of hydrogen-bond donors (Lipinski definition) is 0. The molecule has 0 radical (unpaired) electrons. The van der Waals surface area contributed by atoms with Crippen molar-refractivity contribution in [2.75, 3.05) is 0 Å². The maximum absolute atomic E-state index is 5.03. The zero-order valence-electron chi connectivity index (χ0n) is 20.4. The maximum atomic E-state index is 5.03. The van der Waals surface area contributed by atoms with Crippen molar-refractivity contribution in [2.24, 2.45) is 5.92 Å². The molecular weight excluding hydrogens is 400 g/mol. The predicted molar refractivity (Wildman–Crippen MR) is 142 cm³/mol. The third kappa shape index (κ3) is 3.93. The smallest absolute Gasteiger partial charge is 0.145 e. The first-order valence-electron chi connectivity index (χ1n) is 12.5. The molecule has 0 amide bonds. The van der Waals surface area contributed by atoms with Gasteiger partial charge in [0.05, 0.1) is 11.2 Å². The van der Waals surface area contributed by atoms with Gasteiger partial charge in [-0.1, -0.05) is 88.2 Å². The number of imidazole rings is 1. The van der Waals surface area contributed by atoms with Crippen LogP contribution in [-0.2, 0) is 12.8 Å². The molecule has 0 fully saturated rings. The molecule has 0 spiro atoms. The zero-order valence-corrected chi connectivity index (χ0v) is 20.4. The molecule has 0 saturated heterocycles. The van der Waals surface area contributed by atoms with Crippen LogP contribution in [0.2, 0.25) is 0 Å². The van der Waals surface area contributed by atoms with Crippen molar-refractivity contribution in [3.8, 4) is 11.1 Å². The Bertz CT molecular complexity index is 1420. The number of aromatic nitrogens is 2. The van der Waals surface area contributed by atoms with Crippen molar-refractivity contribution < 1.29 is 0 Å². The van der Waals surface area contributed by atoms with Crippen molar-refractivity contribution in [2.45, 2.75) is 59.8 Å². The molecule has 0 saturated carbocycles. The largest absolute Gasteiger partial charge is 0.296 e. The highest BCUT2D eigenvalue weighted by Gasteiger charge is 2.16. The molecule has 3 aromatic carbocycles. The van der Waals surface area contributed by atoms with Gasteiger partial charge >= 0.3 is 0 Å². The minimum absolute atomic E-state index is 0.728. The number of unbranched alkanes of at least 4 members (excludes halogenated alkanes) is 1. The Balaban J connectivity index is 1.69. The molecule has 0 N–H and O–H groups in total. The van der Waals surface area contributed by atoms with Crippen LogP contribution in [-0.4, -0.2) is 9.38 Å². The second kappa shape index (κ2) is 9.02. The van der Waals surface area contributed by atoms with Gasteiger partial charge in [0.15, 0.2) is 0 Å². The molecule has 2 aromatic heterocycles. The first-order valence-corrected chi connectivity index (χ1v) is 12.5. The summed E-state index contributed by atoms with van der Waals surface area (Å²) in [6, 6.07) is 24.9. The average Bonchev–Trinajstić information content (AvgIpc) is 3.19. The molecule has 2 nitrogen and oxygen atoms in total. The monoisotopic (exact) mass is 434 g/mol. The quantitative estimate of drug-likeness (QED) is 0.235. The Morgan fingerprint density at radius 3 is 2.30 bits per heavy atom. The van der Waals surface area contributed by atoms with Crippen LogP contribution in [0.25, 0.3) is 38.4 Å². The second-order valence-corrected chi connectivity index (χ2v) is 9.60. The van der Waals surface area contributed by atoms with E-state index in [0.29, 0.717) is 0 Å². The SMILES string of the molecule is CCCCc1c(C)nc2c3ccccc3c3cc(-c4ccc(CC(C)CC)cc4)ccc3n12. The number of aryl methyl sites for hydroxylation is 2. The molecule has 5 rings (SSSR count). The van der Waals surface area contributed by atoms with Gasteiger partial charge in [0.2, 0.25) is 0 Å². The lowest BCUT2D eigenvalue weighted by Crippen LogP contribution is -1.98. The van der Waals surface area contributed by atoms with Crippen LogP contribution >= 0.6 is 0 Å². The van der Waals surface area contributed by atoms with Crippen molar-refractivity contribution in [3.63, 3.8) is 0 Å². The second-order valence-electron chi connectivity index (χ2n) is 9.60. The summed E-state index contributed by atoms with van der Waals surface area (Å²) in [6.45, 7) is 9.01. The fourth-order valence-corrected chi connectivity index (χ4v) is 5.06. The lowest BCUT2D eigenvalue weighted by molar-refractivity contribution is 0.560. The summed E-state index contributed by atoms with van der Waals surface area (Å²) >= 11 is 0. The van der Waals surface area contributed by atoms with Crippen LogP contribution in [0.5, 0.6) is 0 Å². The van der Waals surface area contributed by atoms with Crippen LogP contribution in [0, 0.1) is 12.8 Å².